The zero-order valence-electron chi connectivity index (χ0n) is 7.47. The Bertz CT molecular complexity index is 228. The van der Waals surface area contributed by atoms with Gasteiger partial charge in [0.1, 0.15) is 12.7 Å². The molecule has 0 heterocycles. The van der Waals surface area contributed by atoms with E-state index in [1.54, 1.807) is 7.11 Å². The molecular formula is C9H13O3P. The van der Waals surface area contributed by atoms with Crippen LogP contribution in [0.1, 0.15) is 11.7 Å². The maximum atomic E-state index is 10.2. The van der Waals surface area contributed by atoms with Crippen LogP contribution >= 0.6 is 9.03 Å². The van der Waals surface area contributed by atoms with Crippen LogP contribution < -0.4 is 4.89 Å². The molecule has 1 rings (SSSR count). The largest absolute Gasteiger partial charge is 0.659 e. The number of hydrogen-bond donors (Lipinski definition) is 0. The Morgan fingerprint density at radius 2 is 2.08 bits per heavy atom. The average molecular weight is 200 g/mol. The van der Waals surface area contributed by atoms with Gasteiger partial charge in [0, 0.05) is 7.11 Å². The Kier molecular flexibility index (Phi) is 4.94. The smallest absolute Gasteiger partial charge is 0.120 e. The molecule has 0 saturated carbocycles. The SMILES string of the molecule is COC(CO[PH2+][O-])c1ccccc1. The predicted molar refractivity (Wildman–Crippen MR) is 51.9 cm³/mol. The highest BCUT2D eigenvalue weighted by Gasteiger charge is 2.09. The van der Waals surface area contributed by atoms with Gasteiger partial charge in [0.05, 0.1) is 9.03 Å². The van der Waals surface area contributed by atoms with E-state index in [2.05, 4.69) is 0 Å². The maximum absolute atomic E-state index is 10.2. The lowest BCUT2D eigenvalue weighted by Crippen LogP contribution is -2.08. The molecule has 0 aliphatic heterocycles. The first kappa shape index (κ1) is 10.6. The minimum absolute atomic E-state index is 0.123. The molecule has 0 aliphatic rings. The molecule has 0 saturated heterocycles. The van der Waals surface area contributed by atoms with Crippen LogP contribution in [0.4, 0.5) is 0 Å². The highest BCUT2D eigenvalue weighted by Crippen LogP contribution is 2.18. The van der Waals surface area contributed by atoms with Crippen LogP contribution in [-0.2, 0) is 9.26 Å². The molecule has 0 amide bonds. The molecule has 0 aliphatic carbocycles. The van der Waals surface area contributed by atoms with Gasteiger partial charge in [-0.25, -0.2) is 4.52 Å². The van der Waals surface area contributed by atoms with Gasteiger partial charge in [-0.1, -0.05) is 30.3 Å². The molecule has 3 nitrogen and oxygen atoms in total. The summed E-state index contributed by atoms with van der Waals surface area (Å²) < 4.78 is 10.0. The lowest BCUT2D eigenvalue weighted by atomic mass is 10.1. The maximum Gasteiger partial charge on any atom is 0.120 e. The lowest BCUT2D eigenvalue weighted by Gasteiger charge is -2.13. The molecule has 0 bridgehead atoms. The van der Waals surface area contributed by atoms with Crippen LogP contribution in [-0.4, -0.2) is 13.7 Å². The van der Waals surface area contributed by atoms with Gasteiger partial charge in [-0.2, -0.15) is 0 Å². The van der Waals surface area contributed by atoms with Crippen molar-refractivity contribution in [3.63, 3.8) is 0 Å². The second kappa shape index (κ2) is 6.06. The Balaban J connectivity index is 2.56. The van der Waals surface area contributed by atoms with Crippen molar-refractivity contribution in [3.8, 4) is 0 Å². The molecular weight excluding hydrogens is 187 g/mol. The summed E-state index contributed by atoms with van der Waals surface area (Å²) in [5.41, 5.74) is 1.04. The minimum atomic E-state index is -1.15. The van der Waals surface area contributed by atoms with Crippen molar-refractivity contribution in [1.29, 1.82) is 0 Å². The van der Waals surface area contributed by atoms with Gasteiger partial charge in [0.25, 0.3) is 0 Å². The van der Waals surface area contributed by atoms with Gasteiger partial charge in [-0.15, -0.1) is 0 Å². The summed E-state index contributed by atoms with van der Waals surface area (Å²) in [6.45, 7) is 0.347. The lowest BCUT2D eigenvalue weighted by molar-refractivity contribution is -0.171. The minimum Gasteiger partial charge on any atom is -0.659 e. The fourth-order valence-corrected chi connectivity index (χ4v) is 1.35. The summed E-state index contributed by atoms with van der Waals surface area (Å²) >= 11 is 0. The van der Waals surface area contributed by atoms with Crippen LogP contribution in [0.15, 0.2) is 30.3 Å². The fourth-order valence-electron chi connectivity index (χ4n) is 1.09. The number of rotatable bonds is 5. The van der Waals surface area contributed by atoms with E-state index in [9.17, 15) is 4.89 Å². The third kappa shape index (κ3) is 3.41. The van der Waals surface area contributed by atoms with E-state index in [1.165, 1.54) is 0 Å². The molecule has 4 heteroatoms. The van der Waals surface area contributed by atoms with Crippen molar-refractivity contribution in [2.45, 2.75) is 6.10 Å². The van der Waals surface area contributed by atoms with Crippen LogP contribution in [0.25, 0.3) is 0 Å². The number of benzene rings is 1. The Labute approximate surface area is 79.6 Å². The first-order valence-electron chi connectivity index (χ1n) is 4.01. The molecule has 0 spiro atoms. The highest BCUT2D eigenvalue weighted by molar-refractivity contribution is 7.23. The normalized spacial score (nSPS) is 13.7. The van der Waals surface area contributed by atoms with Crippen molar-refractivity contribution in [3.05, 3.63) is 35.9 Å². The predicted octanol–water partition coefficient (Wildman–Crippen LogP) is 0.992. The van der Waals surface area contributed by atoms with E-state index in [-0.39, 0.29) is 6.10 Å². The summed E-state index contributed by atoms with van der Waals surface area (Å²) in [4.78, 5) is 10.2. The van der Waals surface area contributed by atoms with Gasteiger partial charge in [0.2, 0.25) is 0 Å². The van der Waals surface area contributed by atoms with Crippen LogP contribution in [0.5, 0.6) is 0 Å². The zero-order chi connectivity index (χ0) is 9.52. The molecule has 72 valence electrons. The Morgan fingerprint density at radius 3 is 2.62 bits per heavy atom. The highest BCUT2D eigenvalue weighted by atomic mass is 31.1. The summed E-state index contributed by atoms with van der Waals surface area (Å²) in [6.07, 6.45) is -0.123. The third-order valence-electron chi connectivity index (χ3n) is 1.77. The van der Waals surface area contributed by atoms with Gasteiger partial charge in [0.15, 0.2) is 0 Å². The second-order valence-corrected chi connectivity index (χ2v) is 3.09. The standard InChI is InChI=1S/C9H13O3P/c1-11-9(7-12-13-10)8-5-3-2-4-6-8/h2-6,9H,7,13H2,1H3. The fraction of sp³-hybridized carbons (Fsp3) is 0.333. The summed E-state index contributed by atoms with van der Waals surface area (Å²) in [5.74, 6) is 0. The van der Waals surface area contributed by atoms with Crippen molar-refractivity contribution < 1.29 is 14.2 Å². The summed E-state index contributed by atoms with van der Waals surface area (Å²) in [7, 11) is 0.460. The van der Waals surface area contributed by atoms with Crippen molar-refractivity contribution >= 4 is 9.03 Å². The first-order valence-corrected chi connectivity index (χ1v) is 4.95. The van der Waals surface area contributed by atoms with E-state index in [0.29, 0.717) is 6.61 Å². The van der Waals surface area contributed by atoms with Gasteiger partial charge >= 0.3 is 0 Å². The molecule has 1 aromatic rings. The molecule has 13 heavy (non-hydrogen) atoms. The van der Waals surface area contributed by atoms with Crippen LogP contribution in [0, 0.1) is 0 Å². The molecule has 0 fully saturated rings. The first-order chi connectivity index (χ1) is 6.38. The van der Waals surface area contributed by atoms with Gasteiger partial charge < -0.3 is 9.63 Å². The number of methoxy groups -OCH3 is 1. The zero-order valence-corrected chi connectivity index (χ0v) is 8.63. The van der Waals surface area contributed by atoms with Crippen LogP contribution in [0.3, 0.4) is 0 Å². The van der Waals surface area contributed by atoms with Crippen molar-refractivity contribution in [1.82, 2.24) is 0 Å². The number of hydrogen-bond acceptors (Lipinski definition) is 3. The Hall–Kier alpha value is -0.470. The van der Waals surface area contributed by atoms with E-state index in [0.717, 1.165) is 5.56 Å². The Morgan fingerprint density at radius 1 is 1.38 bits per heavy atom. The molecule has 0 N–H and O–H groups in total. The van der Waals surface area contributed by atoms with Crippen LogP contribution in [0.2, 0.25) is 0 Å². The quantitative estimate of drug-likeness (QED) is 0.665. The van der Waals surface area contributed by atoms with E-state index >= 15 is 0 Å². The number of ether oxygens (including phenoxy) is 1. The van der Waals surface area contributed by atoms with Crippen molar-refractivity contribution in [2.24, 2.45) is 0 Å². The summed E-state index contributed by atoms with van der Waals surface area (Å²) in [5, 5.41) is 0. The molecule has 2 atom stereocenters. The molecule has 2 unspecified atom stereocenters. The van der Waals surface area contributed by atoms with E-state index in [1.807, 2.05) is 30.3 Å². The monoisotopic (exact) mass is 200 g/mol. The third-order valence-corrected chi connectivity index (χ3v) is 2.10. The van der Waals surface area contributed by atoms with Crippen molar-refractivity contribution in [2.75, 3.05) is 13.7 Å². The molecule has 0 aromatic heterocycles. The average Bonchev–Trinajstić information content (AvgIpc) is 2.21. The summed E-state index contributed by atoms with van der Waals surface area (Å²) in [6, 6.07) is 9.72. The van der Waals surface area contributed by atoms with Gasteiger partial charge in [-0.3, -0.25) is 0 Å². The molecule has 1 aromatic carbocycles. The van der Waals surface area contributed by atoms with E-state index in [4.69, 9.17) is 9.26 Å². The van der Waals surface area contributed by atoms with Gasteiger partial charge in [-0.05, 0) is 5.56 Å². The topological polar surface area (TPSA) is 41.5 Å². The van der Waals surface area contributed by atoms with E-state index < -0.39 is 9.03 Å². The second-order valence-electron chi connectivity index (χ2n) is 2.56. The molecule has 0 radical (unpaired) electrons.